The minimum absolute atomic E-state index is 0.0335. The van der Waals surface area contributed by atoms with E-state index in [0.29, 0.717) is 38.7 Å². The number of carbonyl (C=O) groups is 2. The van der Waals surface area contributed by atoms with Crippen molar-refractivity contribution in [3.63, 3.8) is 0 Å². The Balaban J connectivity index is 1.36. The molecule has 0 spiro atoms. The van der Waals surface area contributed by atoms with E-state index < -0.39 is 17.9 Å². The second kappa shape index (κ2) is 12.3. The Morgan fingerprint density at radius 1 is 0.825 bits per heavy atom. The molecule has 0 saturated carbocycles. The molecule has 1 unspecified atom stereocenters. The molecule has 4 aromatic carbocycles. The summed E-state index contributed by atoms with van der Waals surface area (Å²) in [6, 6.07) is 30.6. The number of carbonyl (C=O) groups excluding carboxylic acids is 2. The first-order chi connectivity index (χ1) is 19.4. The lowest BCUT2D eigenvalue weighted by Gasteiger charge is -2.19. The van der Waals surface area contributed by atoms with E-state index in [1.165, 1.54) is 6.07 Å². The number of aromatic amines is 1. The molecule has 0 saturated heterocycles. The van der Waals surface area contributed by atoms with Gasteiger partial charge in [0.25, 0.3) is 5.91 Å². The van der Waals surface area contributed by atoms with E-state index in [9.17, 15) is 14.4 Å². The number of benzene rings is 4. The smallest absolute Gasteiger partial charge is 0.329 e. The first-order valence-electron chi connectivity index (χ1n) is 12.6. The van der Waals surface area contributed by atoms with Gasteiger partial charge in [0, 0.05) is 34.0 Å². The number of hydrogen-bond acceptors (Lipinski definition) is 5. The molecule has 40 heavy (non-hydrogen) atoms. The molecule has 0 fully saturated rings. The van der Waals surface area contributed by atoms with Crippen molar-refractivity contribution in [3.8, 4) is 11.5 Å². The summed E-state index contributed by atoms with van der Waals surface area (Å²) in [7, 11) is 0. The predicted octanol–water partition coefficient (Wildman–Crippen LogP) is 6.06. The molecule has 8 heteroatoms. The van der Waals surface area contributed by atoms with Crippen molar-refractivity contribution in [2.45, 2.75) is 19.1 Å². The van der Waals surface area contributed by atoms with Gasteiger partial charge in [-0.15, -0.1) is 0 Å². The van der Waals surface area contributed by atoms with E-state index in [0.717, 1.165) is 5.39 Å². The summed E-state index contributed by atoms with van der Waals surface area (Å²) in [6.45, 7) is -0.0335. The van der Waals surface area contributed by atoms with Gasteiger partial charge in [0.05, 0.1) is 0 Å². The Labute approximate surface area is 235 Å². The minimum Gasteiger partial charge on any atom is -0.459 e. The third kappa shape index (κ3) is 6.76. The van der Waals surface area contributed by atoms with Crippen LogP contribution in [-0.4, -0.2) is 22.9 Å². The molecule has 7 nitrogen and oxygen atoms in total. The Bertz CT molecular complexity index is 1700. The van der Waals surface area contributed by atoms with E-state index >= 15 is 0 Å². The van der Waals surface area contributed by atoms with Crippen LogP contribution in [0.3, 0.4) is 0 Å². The largest absolute Gasteiger partial charge is 0.459 e. The summed E-state index contributed by atoms with van der Waals surface area (Å²) in [5.74, 6) is 0.182. The molecule has 0 radical (unpaired) electrons. The highest BCUT2D eigenvalue weighted by atomic mass is 35.5. The van der Waals surface area contributed by atoms with E-state index in [2.05, 4.69) is 10.3 Å². The maximum Gasteiger partial charge on any atom is 0.329 e. The van der Waals surface area contributed by atoms with Crippen LogP contribution < -0.4 is 15.6 Å². The van der Waals surface area contributed by atoms with Gasteiger partial charge < -0.3 is 19.8 Å². The third-order valence-corrected chi connectivity index (χ3v) is 6.47. The Hall–Kier alpha value is -4.88. The second-order valence-corrected chi connectivity index (χ2v) is 9.55. The van der Waals surface area contributed by atoms with Crippen LogP contribution in [0.2, 0.25) is 5.02 Å². The number of rotatable bonds is 9. The van der Waals surface area contributed by atoms with Gasteiger partial charge in [0.2, 0.25) is 5.56 Å². The van der Waals surface area contributed by atoms with E-state index in [4.69, 9.17) is 21.1 Å². The summed E-state index contributed by atoms with van der Waals surface area (Å²) < 4.78 is 11.5. The fourth-order valence-corrected chi connectivity index (χ4v) is 4.41. The highest BCUT2D eigenvalue weighted by Crippen LogP contribution is 2.23. The predicted molar refractivity (Wildman–Crippen MR) is 154 cm³/mol. The molecule has 1 heterocycles. The van der Waals surface area contributed by atoms with Crippen molar-refractivity contribution in [2.75, 3.05) is 0 Å². The summed E-state index contributed by atoms with van der Waals surface area (Å²) in [6.07, 6.45) is 0.0553. The normalized spacial score (nSPS) is 11.5. The molecule has 1 amide bonds. The van der Waals surface area contributed by atoms with Gasteiger partial charge in [-0.1, -0.05) is 60.1 Å². The number of amides is 1. The maximum atomic E-state index is 13.4. The Morgan fingerprint density at radius 3 is 2.35 bits per heavy atom. The lowest BCUT2D eigenvalue weighted by Crippen LogP contribution is -2.43. The number of nitrogens with one attached hydrogen (secondary N) is 2. The molecule has 5 rings (SSSR count). The molecule has 2 N–H and O–H groups in total. The first kappa shape index (κ1) is 26.7. The molecular weight excluding hydrogens is 528 g/mol. The van der Waals surface area contributed by atoms with Crippen LogP contribution in [0.25, 0.3) is 10.9 Å². The highest BCUT2D eigenvalue weighted by molar-refractivity contribution is 6.30. The SMILES string of the molecule is O=C(NC(Cc1cc(=O)[nH]c2ccccc12)C(=O)OCc1cccc(Oc2ccccc2)c1)c1ccc(Cl)cc1. The minimum atomic E-state index is -1.06. The van der Waals surface area contributed by atoms with Crippen LogP contribution in [0.15, 0.2) is 114 Å². The molecule has 0 aliphatic carbocycles. The van der Waals surface area contributed by atoms with E-state index in [1.807, 2.05) is 66.7 Å². The van der Waals surface area contributed by atoms with Crippen molar-refractivity contribution in [2.24, 2.45) is 0 Å². The molecule has 0 bridgehead atoms. The van der Waals surface area contributed by atoms with Gasteiger partial charge in [0.1, 0.15) is 24.1 Å². The van der Waals surface area contributed by atoms with Crippen molar-refractivity contribution in [3.05, 3.63) is 141 Å². The van der Waals surface area contributed by atoms with E-state index in [-0.39, 0.29) is 18.6 Å². The van der Waals surface area contributed by atoms with Crippen LogP contribution in [0.1, 0.15) is 21.5 Å². The van der Waals surface area contributed by atoms with Gasteiger partial charge in [-0.05, 0) is 65.7 Å². The molecule has 0 aliphatic rings. The zero-order valence-corrected chi connectivity index (χ0v) is 22.1. The first-order valence-corrected chi connectivity index (χ1v) is 13.0. The number of esters is 1. The number of para-hydroxylation sites is 2. The van der Waals surface area contributed by atoms with Gasteiger partial charge in [0.15, 0.2) is 0 Å². The molecule has 0 aliphatic heterocycles. The van der Waals surface area contributed by atoms with Crippen molar-refractivity contribution >= 4 is 34.4 Å². The zero-order chi connectivity index (χ0) is 27.9. The number of hydrogen-bond donors (Lipinski definition) is 2. The van der Waals surface area contributed by atoms with Crippen LogP contribution in [-0.2, 0) is 22.6 Å². The molecule has 200 valence electrons. The summed E-state index contributed by atoms with van der Waals surface area (Å²) in [4.78, 5) is 41.5. The fraction of sp³-hybridized carbons (Fsp3) is 0.0938. The summed E-state index contributed by atoms with van der Waals surface area (Å²) in [5, 5.41) is 4.03. The van der Waals surface area contributed by atoms with Gasteiger partial charge in [-0.2, -0.15) is 0 Å². The average molecular weight is 553 g/mol. The number of halogens is 1. The Morgan fingerprint density at radius 2 is 1.55 bits per heavy atom. The van der Waals surface area contributed by atoms with Gasteiger partial charge in [-0.3, -0.25) is 9.59 Å². The second-order valence-electron chi connectivity index (χ2n) is 9.11. The van der Waals surface area contributed by atoms with Gasteiger partial charge in [-0.25, -0.2) is 4.79 Å². The Kier molecular flexibility index (Phi) is 8.23. The fourth-order valence-electron chi connectivity index (χ4n) is 4.28. The lowest BCUT2D eigenvalue weighted by atomic mass is 10.0. The topological polar surface area (TPSA) is 97.5 Å². The van der Waals surface area contributed by atoms with Crippen LogP contribution in [0.4, 0.5) is 0 Å². The van der Waals surface area contributed by atoms with Gasteiger partial charge >= 0.3 is 5.97 Å². The molecule has 1 atom stereocenters. The molecule has 5 aromatic rings. The number of H-pyrrole nitrogens is 1. The number of pyridine rings is 1. The number of aromatic nitrogens is 1. The third-order valence-electron chi connectivity index (χ3n) is 6.21. The quantitative estimate of drug-likeness (QED) is 0.217. The standard InChI is InChI=1S/C32H25ClN2O5/c33-24-15-13-22(14-16-24)31(37)35-29(18-23-19-30(36)34-28-12-5-4-11-27(23)28)32(38)39-20-21-7-6-10-26(17-21)40-25-8-2-1-3-9-25/h1-17,19,29H,18,20H2,(H,34,36)(H,35,37). The van der Waals surface area contributed by atoms with Crippen LogP contribution in [0, 0.1) is 0 Å². The van der Waals surface area contributed by atoms with Crippen LogP contribution >= 0.6 is 11.6 Å². The monoisotopic (exact) mass is 552 g/mol. The van der Waals surface area contributed by atoms with Crippen molar-refractivity contribution in [1.29, 1.82) is 0 Å². The summed E-state index contributed by atoms with van der Waals surface area (Å²) in [5.41, 5.74) is 1.99. The average Bonchev–Trinajstić information content (AvgIpc) is 2.96. The van der Waals surface area contributed by atoms with Crippen molar-refractivity contribution < 1.29 is 19.1 Å². The maximum absolute atomic E-state index is 13.4. The number of ether oxygens (including phenoxy) is 2. The van der Waals surface area contributed by atoms with Crippen LogP contribution in [0.5, 0.6) is 11.5 Å². The highest BCUT2D eigenvalue weighted by Gasteiger charge is 2.25. The zero-order valence-electron chi connectivity index (χ0n) is 21.3. The number of fused-ring (bicyclic) bond motifs is 1. The lowest BCUT2D eigenvalue weighted by molar-refractivity contribution is -0.147. The van der Waals surface area contributed by atoms with Crippen molar-refractivity contribution in [1.82, 2.24) is 10.3 Å². The molecular formula is C32H25ClN2O5. The summed E-state index contributed by atoms with van der Waals surface area (Å²) >= 11 is 5.96. The molecule has 1 aromatic heterocycles. The van der Waals surface area contributed by atoms with E-state index in [1.54, 1.807) is 36.4 Å².